The van der Waals surface area contributed by atoms with Crippen LogP contribution in [0.25, 0.3) is 0 Å². The molecule has 0 aliphatic rings. The fraction of sp³-hybridized carbons (Fsp3) is 0.316. The highest BCUT2D eigenvalue weighted by molar-refractivity contribution is 7.80. The molecule has 0 radical (unpaired) electrons. The molecule has 0 aliphatic heterocycles. The topological polar surface area (TPSA) is 27.3 Å². The van der Waals surface area contributed by atoms with E-state index in [-0.39, 0.29) is 11.9 Å². The minimum absolute atomic E-state index is 0.280. The Morgan fingerprint density at radius 3 is 2.46 bits per heavy atom. The van der Waals surface area contributed by atoms with Gasteiger partial charge in [0.15, 0.2) is 5.11 Å². The third-order valence-electron chi connectivity index (χ3n) is 4.08. The van der Waals surface area contributed by atoms with Crippen LogP contribution in [0.5, 0.6) is 0 Å². The summed E-state index contributed by atoms with van der Waals surface area (Å²) in [5, 5.41) is 7.66. The van der Waals surface area contributed by atoms with Crippen molar-refractivity contribution in [2.45, 2.75) is 19.9 Å². The van der Waals surface area contributed by atoms with Crippen molar-refractivity contribution in [1.82, 2.24) is 10.2 Å². The van der Waals surface area contributed by atoms with Crippen LogP contribution >= 0.6 is 35.4 Å². The summed E-state index contributed by atoms with van der Waals surface area (Å²) in [4.78, 5) is 1.89. The van der Waals surface area contributed by atoms with Crippen molar-refractivity contribution in [3.8, 4) is 0 Å². The van der Waals surface area contributed by atoms with Crippen LogP contribution in [0.15, 0.2) is 30.3 Å². The molecule has 0 bridgehead atoms. The van der Waals surface area contributed by atoms with Gasteiger partial charge in [-0.15, -0.1) is 0 Å². The Labute approximate surface area is 169 Å². The predicted octanol–water partition coefficient (Wildman–Crippen LogP) is 5.34. The zero-order chi connectivity index (χ0) is 19.4. The van der Waals surface area contributed by atoms with Gasteiger partial charge >= 0.3 is 0 Å². The first-order valence-electron chi connectivity index (χ1n) is 8.12. The maximum Gasteiger partial charge on any atom is 0.170 e. The summed E-state index contributed by atoms with van der Waals surface area (Å²) in [5.41, 5.74) is 3.29. The van der Waals surface area contributed by atoms with Crippen LogP contribution in [0, 0.1) is 19.7 Å². The van der Waals surface area contributed by atoms with E-state index in [1.54, 1.807) is 12.1 Å². The first-order chi connectivity index (χ1) is 12.2. The normalized spacial score (nSPS) is 12.2. The summed E-state index contributed by atoms with van der Waals surface area (Å²) in [5.74, 6) is -0.339. The molecule has 1 atom stereocenters. The molecule has 7 heteroatoms. The highest BCUT2D eigenvalue weighted by Gasteiger charge is 2.21. The number of hydrogen-bond acceptors (Lipinski definition) is 2. The van der Waals surface area contributed by atoms with Gasteiger partial charge in [0.05, 0.1) is 16.8 Å². The van der Waals surface area contributed by atoms with E-state index >= 15 is 0 Å². The quantitative estimate of drug-likeness (QED) is 0.646. The van der Waals surface area contributed by atoms with Gasteiger partial charge in [0.1, 0.15) is 5.82 Å². The van der Waals surface area contributed by atoms with Crippen molar-refractivity contribution in [2.75, 3.05) is 26.0 Å². The Morgan fingerprint density at radius 1 is 1.19 bits per heavy atom. The molecule has 2 N–H and O–H groups in total. The zero-order valence-electron chi connectivity index (χ0n) is 15.2. The monoisotopic (exact) mass is 413 g/mol. The number of halogens is 3. The summed E-state index contributed by atoms with van der Waals surface area (Å²) in [6.45, 7) is 4.34. The van der Waals surface area contributed by atoms with Gasteiger partial charge in [-0.2, -0.15) is 0 Å². The number of hydrogen-bond donors (Lipinski definition) is 2. The Bertz CT molecular complexity index is 768. The molecule has 0 amide bonds. The van der Waals surface area contributed by atoms with Gasteiger partial charge in [-0.25, -0.2) is 4.39 Å². The van der Waals surface area contributed by atoms with Crippen molar-refractivity contribution in [3.05, 3.63) is 62.9 Å². The molecule has 0 aliphatic carbocycles. The maximum absolute atomic E-state index is 14.3. The molecule has 2 rings (SSSR count). The van der Waals surface area contributed by atoms with Gasteiger partial charge in [0, 0.05) is 17.1 Å². The zero-order valence-corrected chi connectivity index (χ0v) is 17.5. The van der Waals surface area contributed by atoms with E-state index in [4.69, 9.17) is 35.4 Å². The molecule has 140 valence electrons. The molecule has 0 saturated carbocycles. The largest absolute Gasteiger partial charge is 0.361 e. The smallest absolute Gasteiger partial charge is 0.170 e. The molecule has 2 aromatic carbocycles. The number of benzene rings is 2. The highest BCUT2D eigenvalue weighted by atomic mass is 35.5. The lowest BCUT2D eigenvalue weighted by molar-refractivity contribution is 0.292. The van der Waals surface area contributed by atoms with E-state index in [1.165, 1.54) is 6.07 Å². The molecule has 0 heterocycles. The van der Waals surface area contributed by atoms with Crippen molar-refractivity contribution in [1.29, 1.82) is 0 Å². The molecule has 0 unspecified atom stereocenters. The summed E-state index contributed by atoms with van der Waals surface area (Å²) in [6.07, 6.45) is 0. The fourth-order valence-electron chi connectivity index (χ4n) is 2.79. The molecule has 3 nitrogen and oxygen atoms in total. The predicted molar refractivity (Wildman–Crippen MR) is 113 cm³/mol. The van der Waals surface area contributed by atoms with Crippen molar-refractivity contribution in [3.63, 3.8) is 0 Å². The Morgan fingerprint density at radius 2 is 1.88 bits per heavy atom. The number of aryl methyl sites for hydroxylation is 2. The fourth-order valence-corrected chi connectivity index (χ4v) is 3.64. The second kappa shape index (κ2) is 9.00. The molecular weight excluding hydrogens is 392 g/mol. The van der Waals surface area contributed by atoms with E-state index in [1.807, 2.05) is 45.0 Å². The Kier molecular flexibility index (Phi) is 7.24. The van der Waals surface area contributed by atoms with Crippen molar-refractivity contribution in [2.24, 2.45) is 0 Å². The second-order valence-corrected chi connectivity index (χ2v) is 7.61. The third kappa shape index (κ3) is 5.07. The first-order valence-corrected chi connectivity index (χ1v) is 9.29. The van der Waals surface area contributed by atoms with Crippen molar-refractivity contribution < 1.29 is 4.39 Å². The second-order valence-electron chi connectivity index (χ2n) is 6.39. The summed E-state index contributed by atoms with van der Waals surface area (Å²) in [7, 11) is 3.74. The Balaban J connectivity index is 2.12. The van der Waals surface area contributed by atoms with Gasteiger partial charge in [0.2, 0.25) is 0 Å². The average molecular weight is 414 g/mol. The molecule has 0 fully saturated rings. The number of rotatable bonds is 5. The van der Waals surface area contributed by atoms with Gasteiger partial charge in [0.25, 0.3) is 0 Å². The van der Waals surface area contributed by atoms with E-state index in [2.05, 4.69) is 10.6 Å². The standard InChI is InChI=1S/C19H22Cl2FN3S/c1-11-8-12(2)18(14(21)9-11)24-19(26)23-10-16(25(3)4)17-13(20)6-5-7-15(17)22/h5-9,16H,10H2,1-4H3,(H2,23,24,26)/t16-/m0/s1. The molecule has 26 heavy (non-hydrogen) atoms. The van der Waals surface area contributed by atoms with Gasteiger partial charge < -0.3 is 15.5 Å². The number of nitrogens with one attached hydrogen (secondary N) is 2. The SMILES string of the molecule is Cc1cc(C)c(NC(=S)NC[C@@H](c2c(F)cccc2Cl)N(C)C)c(Cl)c1. The highest BCUT2D eigenvalue weighted by Crippen LogP contribution is 2.29. The first kappa shape index (κ1) is 20.9. The minimum atomic E-state index is -0.339. The summed E-state index contributed by atoms with van der Waals surface area (Å²) in [6, 6.07) is 8.31. The lowest BCUT2D eigenvalue weighted by Crippen LogP contribution is -2.37. The van der Waals surface area contributed by atoms with E-state index in [0.29, 0.717) is 27.3 Å². The lowest BCUT2D eigenvalue weighted by Gasteiger charge is -2.27. The van der Waals surface area contributed by atoms with E-state index < -0.39 is 0 Å². The van der Waals surface area contributed by atoms with Crippen LogP contribution in [0.3, 0.4) is 0 Å². The van der Waals surface area contributed by atoms with Crippen LogP contribution in [-0.2, 0) is 0 Å². The third-order valence-corrected chi connectivity index (χ3v) is 4.96. The summed E-state index contributed by atoms with van der Waals surface area (Å²) < 4.78 is 14.3. The molecule has 0 saturated heterocycles. The lowest BCUT2D eigenvalue weighted by atomic mass is 10.1. The van der Waals surface area contributed by atoms with Crippen LogP contribution < -0.4 is 10.6 Å². The maximum atomic E-state index is 14.3. The minimum Gasteiger partial charge on any atom is -0.361 e. The van der Waals surface area contributed by atoms with Gasteiger partial charge in [-0.3, -0.25) is 0 Å². The van der Waals surface area contributed by atoms with Gasteiger partial charge in [-0.1, -0.05) is 35.3 Å². The number of thiocarbonyl (C=S) groups is 1. The van der Waals surface area contributed by atoms with E-state index in [0.717, 1.165) is 16.8 Å². The molecule has 2 aromatic rings. The van der Waals surface area contributed by atoms with Crippen molar-refractivity contribution >= 4 is 46.2 Å². The molecular formula is C19H22Cl2FN3S. The molecule has 0 spiro atoms. The molecule has 0 aromatic heterocycles. The van der Waals surface area contributed by atoms with Gasteiger partial charge in [-0.05, 0) is 69.5 Å². The van der Waals surface area contributed by atoms with Crippen LogP contribution in [-0.4, -0.2) is 30.7 Å². The van der Waals surface area contributed by atoms with Crippen LogP contribution in [0.2, 0.25) is 10.0 Å². The number of nitrogens with zero attached hydrogens (tertiary/aromatic N) is 1. The van der Waals surface area contributed by atoms with E-state index in [9.17, 15) is 4.39 Å². The number of anilines is 1. The average Bonchev–Trinajstić information content (AvgIpc) is 2.53. The van der Waals surface area contributed by atoms with Crippen LogP contribution in [0.1, 0.15) is 22.7 Å². The number of likely N-dealkylation sites (N-methyl/N-ethyl adjacent to an activating group) is 1. The Hall–Kier alpha value is -1.40. The van der Waals surface area contributed by atoms with Crippen LogP contribution in [0.4, 0.5) is 10.1 Å². The summed E-state index contributed by atoms with van der Waals surface area (Å²) >= 11 is 17.9.